The van der Waals surface area contributed by atoms with Crippen LogP contribution in [0.2, 0.25) is 5.02 Å². The molecule has 1 atom stereocenters. The number of halogens is 1. The SMILES string of the molecule is C[C@H](NC(=O)NCCc1cccc(C(N)=O)c1)c1cccc(Cl)c1. The minimum atomic E-state index is -0.460. The van der Waals surface area contributed by atoms with Gasteiger partial charge in [0.25, 0.3) is 0 Å². The second-order valence-corrected chi connectivity index (χ2v) is 5.93. The van der Waals surface area contributed by atoms with Crippen LogP contribution in [0.4, 0.5) is 4.79 Å². The van der Waals surface area contributed by atoms with Crippen molar-refractivity contribution in [2.24, 2.45) is 5.73 Å². The summed E-state index contributed by atoms with van der Waals surface area (Å²) in [6.07, 6.45) is 0.611. The van der Waals surface area contributed by atoms with Gasteiger partial charge in [-0.15, -0.1) is 0 Å². The molecule has 0 spiro atoms. The van der Waals surface area contributed by atoms with E-state index in [0.29, 0.717) is 23.6 Å². The number of carbonyl (C=O) groups is 2. The highest BCUT2D eigenvalue weighted by Gasteiger charge is 2.09. The van der Waals surface area contributed by atoms with Crippen LogP contribution in [0.25, 0.3) is 0 Å². The molecule has 0 aliphatic rings. The first-order valence-corrected chi connectivity index (χ1v) is 8.02. The maximum absolute atomic E-state index is 11.9. The van der Waals surface area contributed by atoms with E-state index >= 15 is 0 Å². The van der Waals surface area contributed by atoms with Gasteiger partial charge in [0.1, 0.15) is 0 Å². The second kappa shape index (κ2) is 8.36. The Bertz CT molecular complexity index is 734. The van der Waals surface area contributed by atoms with Crippen LogP contribution in [-0.2, 0) is 6.42 Å². The molecule has 0 fully saturated rings. The summed E-state index contributed by atoms with van der Waals surface area (Å²) < 4.78 is 0. The molecule has 0 heterocycles. The standard InChI is InChI=1S/C18H20ClN3O2/c1-12(14-5-3-7-16(19)11-14)22-18(24)21-9-8-13-4-2-6-15(10-13)17(20)23/h2-7,10-12H,8-9H2,1H3,(H2,20,23)(H2,21,22,24)/t12-/m0/s1. The van der Waals surface area contributed by atoms with Gasteiger partial charge in [-0.05, 0) is 48.7 Å². The molecule has 126 valence electrons. The van der Waals surface area contributed by atoms with Crippen LogP contribution in [0.1, 0.15) is 34.5 Å². The van der Waals surface area contributed by atoms with Crippen molar-refractivity contribution in [3.05, 3.63) is 70.2 Å². The Morgan fingerprint density at radius 2 is 1.92 bits per heavy atom. The average molecular weight is 346 g/mol. The number of amides is 3. The van der Waals surface area contributed by atoms with E-state index in [1.165, 1.54) is 0 Å². The number of hydrogen-bond donors (Lipinski definition) is 3. The van der Waals surface area contributed by atoms with Crippen molar-refractivity contribution in [3.63, 3.8) is 0 Å². The van der Waals surface area contributed by atoms with Gasteiger partial charge >= 0.3 is 6.03 Å². The van der Waals surface area contributed by atoms with Crippen LogP contribution in [0, 0.1) is 0 Å². The van der Waals surface area contributed by atoms with Gasteiger partial charge in [0, 0.05) is 17.1 Å². The summed E-state index contributed by atoms with van der Waals surface area (Å²) in [6, 6.07) is 14.0. The van der Waals surface area contributed by atoms with Gasteiger partial charge in [-0.1, -0.05) is 35.9 Å². The van der Waals surface area contributed by atoms with Gasteiger partial charge < -0.3 is 16.4 Å². The number of rotatable bonds is 6. The molecule has 2 rings (SSSR count). The smallest absolute Gasteiger partial charge is 0.315 e. The van der Waals surface area contributed by atoms with Crippen LogP contribution in [0.5, 0.6) is 0 Å². The van der Waals surface area contributed by atoms with Crippen LogP contribution < -0.4 is 16.4 Å². The first-order chi connectivity index (χ1) is 11.5. The molecule has 0 radical (unpaired) electrons. The Morgan fingerprint density at radius 3 is 2.62 bits per heavy atom. The largest absolute Gasteiger partial charge is 0.366 e. The van der Waals surface area contributed by atoms with E-state index in [1.54, 1.807) is 24.3 Å². The number of primary amides is 1. The molecule has 0 saturated heterocycles. The average Bonchev–Trinajstić information content (AvgIpc) is 2.55. The molecule has 0 aromatic heterocycles. The van der Waals surface area contributed by atoms with E-state index in [4.69, 9.17) is 17.3 Å². The van der Waals surface area contributed by atoms with E-state index < -0.39 is 5.91 Å². The molecular weight excluding hydrogens is 326 g/mol. The number of carbonyl (C=O) groups excluding carboxylic acids is 2. The van der Waals surface area contributed by atoms with Crippen molar-refractivity contribution in [1.82, 2.24) is 10.6 Å². The van der Waals surface area contributed by atoms with Gasteiger partial charge in [-0.3, -0.25) is 4.79 Å². The van der Waals surface area contributed by atoms with E-state index in [-0.39, 0.29) is 12.1 Å². The summed E-state index contributed by atoms with van der Waals surface area (Å²) >= 11 is 5.95. The third kappa shape index (κ3) is 5.28. The van der Waals surface area contributed by atoms with Crippen molar-refractivity contribution in [1.29, 1.82) is 0 Å². The molecule has 24 heavy (non-hydrogen) atoms. The number of urea groups is 1. The first kappa shape index (κ1) is 17.8. The summed E-state index contributed by atoms with van der Waals surface area (Å²) in [7, 11) is 0. The Hall–Kier alpha value is -2.53. The van der Waals surface area contributed by atoms with Gasteiger partial charge in [-0.25, -0.2) is 4.79 Å². The fraction of sp³-hybridized carbons (Fsp3) is 0.222. The number of nitrogens with one attached hydrogen (secondary N) is 2. The van der Waals surface area contributed by atoms with E-state index in [1.807, 2.05) is 31.2 Å². The normalized spacial score (nSPS) is 11.6. The highest BCUT2D eigenvalue weighted by atomic mass is 35.5. The molecule has 6 heteroatoms. The third-order valence-electron chi connectivity index (χ3n) is 3.61. The van der Waals surface area contributed by atoms with Gasteiger partial charge in [0.15, 0.2) is 0 Å². The lowest BCUT2D eigenvalue weighted by Crippen LogP contribution is -2.38. The first-order valence-electron chi connectivity index (χ1n) is 7.64. The van der Waals surface area contributed by atoms with E-state index in [9.17, 15) is 9.59 Å². The number of benzene rings is 2. The fourth-order valence-electron chi connectivity index (χ4n) is 2.31. The Labute approximate surface area is 146 Å². The molecule has 0 bridgehead atoms. The molecule has 5 nitrogen and oxygen atoms in total. The minimum absolute atomic E-state index is 0.151. The van der Waals surface area contributed by atoms with Crippen molar-refractivity contribution < 1.29 is 9.59 Å². The molecule has 3 amide bonds. The topological polar surface area (TPSA) is 84.2 Å². The van der Waals surface area contributed by atoms with Crippen molar-refractivity contribution in [3.8, 4) is 0 Å². The van der Waals surface area contributed by atoms with Crippen molar-refractivity contribution in [2.45, 2.75) is 19.4 Å². The number of nitrogens with two attached hydrogens (primary N) is 1. The third-order valence-corrected chi connectivity index (χ3v) is 3.84. The molecule has 0 saturated carbocycles. The molecule has 0 aliphatic heterocycles. The van der Waals surface area contributed by atoms with Gasteiger partial charge in [0.05, 0.1) is 6.04 Å². The van der Waals surface area contributed by atoms with E-state index in [0.717, 1.165) is 11.1 Å². The Morgan fingerprint density at radius 1 is 1.17 bits per heavy atom. The molecule has 0 aliphatic carbocycles. The highest BCUT2D eigenvalue weighted by molar-refractivity contribution is 6.30. The van der Waals surface area contributed by atoms with Crippen LogP contribution in [0.3, 0.4) is 0 Å². The quantitative estimate of drug-likeness (QED) is 0.751. The Balaban J connectivity index is 1.81. The lowest BCUT2D eigenvalue weighted by atomic mass is 10.1. The molecular formula is C18H20ClN3O2. The van der Waals surface area contributed by atoms with Crippen molar-refractivity contribution >= 4 is 23.5 Å². The van der Waals surface area contributed by atoms with Crippen LogP contribution >= 0.6 is 11.6 Å². The maximum atomic E-state index is 11.9. The summed E-state index contributed by atoms with van der Waals surface area (Å²) in [6.45, 7) is 2.35. The van der Waals surface area contributed by atoms with Crippen LogP contribution in [0.15, 0.2) is 48.5 Å². The fourth-order valence-corrected chi connectivity index (χ4v) is 2.51. The zero-order chi connectivity index (χ0) is 17.5. The highest BCUT2D eigenvalue weighted by Crippen LogP contribution is 2.17. The lowest BCUT2D eigenvalue weighted by molar-refractivity contribution is 0.1000. The molecule has 0 unspecified atom stereocenters. The van der Waals surface area contributed by atoms with Gasteiger partial charge in [-0.2, -0.15) is 0 Å². The molecule has 4 N–H and O–H groups in total. The van der Waals surface area contributed by atoms with Crippen LogP contribution in [-0.4, -0.2) is 18.5 Å². The molecule has 2 aromatic rings. The summed E-state index contributed by atoms with van der Waals surface area (Å²) in [5, 5.41) is 6.29. The predicted molar refractivity (Wildman–Crippen MR) is 95.1 cm³/mol. The van der Waals surface area contributed by atoms with Crippen molar-refractivity contribution in [2.75, 3.05) is 6.54 Å². The van der Waals surface area contributed by atoms with Gasteiger partial charge in [0.2, 0.25) is 5.91 Å². The predicted octanol–water partition coefficient (Wildman–Crippen LogP) is 3.04. The minimum Gasteiger partial charge on any atom is -0.366 e. The number of hydrogen-bond acceptors (Lipinski definition) is 2. The Kier molecular flexibility index (Phi) is 6.21. The lowest BCUT2D eigenvalue weighted by Gasteiger charge is -2.15. The maximum Gasteiger partial charge on any atom is 0.315 e. The second-order valence-electron chi connectivity index (χ2n) is 5.49. The summed E-state index contributed by atoms with van der Waals surface area (Å²) in [5.74, 6) is -0.460. The zero-order valence-corrected chi connectivity index (χ0v) is 14.1. The van der Waals surface area contributed by atoms with E-state index in [2.05, 4.69) is 10.6 Å². The molecule has 2 aromatic carbocycles. The summed E-state index contributed by atoms with van der Waals surface area (Å²) in [5.41, 5.74) is 7.59. The summed E-state index contributed by atoms with van der Waals surface area (Å²) in [4.78, 5) is 23.1. The monoisotopic (exact) mass is 345 g/mol. The zero-order valence-electron chi connectivity index (χ0n) is 13.4.